The lowest BCUT2D eigenvalue weighted by Crippen LogP contribution is -2.41. The van der Waals surface area contributed by atoms with Crippen molar-refractivity contribution in [3.63, 3.8) is 0 Å². The zero-order valence-corrected chi connectivity index (χ0v) is 19.9. The maximum absolute atomic E-state index is 12.9. The molecular weight excluding hydrogens is 470 g/mol. The van der Waals surface area contributed by atoms with E-state index in [1.807, 2.05) is 24.3 Å². The van der Waals surface area contributed by atoms with E-state index < -0.39 is 34.5 Å². The summed E-state index contributed by atoms with van der Waals surface area (Å²) in [5.41, 5.74) is 1.03. The topological polar surface area (TPSA) is 122 Å². The van der Waals surface area contributed by atoms with Crippen LogP contribution in [0.1, 0.15) is 19.8 Å². The molecular formula is C25H25N3O6S. The quantitative estimate of drug-likeness (QED) is 0.486. The third-order valence-electron chi connectivity index (χ3n) is 5.64. The zero-order valence-electron chi connectivity index (χ0n) is 19.1. The minimum Gasteiger partial charge on any atom is -0.456 e. The van der Waals surface area contributed by atoms with Gasteiger partial charge >= 0.3 is 5.97 Å². The molecule has 35 heavy (non-hydrogen) atoms. The van der Waals surface area contributed by atoms with Gasteiger partial charge in [-0.3, -0.25) is 14.4 Å². The van der Waals surface area contributed by atoms with Crippen LogP contribution in [-0.2, 0) is 29.1 Å². The van der Waals surface area contributed by atoms with Crippen molar-refractivity contribution in [1.29, 1.82) is 0 Å². The molecule has 0 spiro atoms. The van der Waals surface area contributed by atoms with E-state index in [1.165, 1.54) is 11.0 Å². The summed E-state index contributed by atoms with van der Waals surface area (Å²) < 4.78 is 32.7. The number of esters is 1. The second-order valence-corrected chi connectivity index (χ2v) is 9.97. The van der Waals surface area contributed by atoms with Gasteiger partial charge in [0.2, 0.25) is 15.9 Å². The van der Waals surface area contributed by atoms with E-state index in [4.69, 9.17) is 4.74 Å². The molecule has 3 aromatic rings. The third kappa shape index (κ3) is 5.67. The van der Waals surface area contributed by atoms with Crippen LogP contribution in [0.2, 0.25) is 0 Å². The van der Waals surface area contributed by atoms with Crippen molar-refractivity contribution in [2.75, 3.05) is 23.4 Å². The van der Waals surface area contributed by atoms with Crippen molar-refractivity contribution in [2.45, 2.75) is 30.7 Å². The Morgan fingerprint density at radius 3 is 2.57 bits per heavy atom. The molecule has 0 saturated heterocycles. The minimum atomic E-state index is -3.82. The van der Waals surface area contributed by atoms with Gasteiger partial charge in [0.25, 0.3) is 5.91 Å². The first-order valence-corrected chi connectivity index (χ1v) is 12.6. The highest BCUT2D eigenvalue weighted by Gasteiger charge is 2.30. The molecule has 0 radical (unpaired) electrons. The van der Waals surface area contributed by atoms with Gasteiger partial charge in [-0.15, -0.1) is 0 Å². The number of carbonyl (C=O) groups is 3. The van der Waals surface area contributed by atoms with Crippen LogP contribution >= 0.6 is 0 Å². The zero-order chi connectivity index (χ0) is 25.0. The Morgan fingerprint density at radius 1 is 1.06 bits per heavy atom. The molecule has 2 amide bonds. The number of hydrogen-bond acceptors (Lipinski definition) is 6. The van der Waals surface area contributed by atoms with Crippen molar-refractivity contribution in [3.05, 3.63) is 66.7 Å². The smallest absolute Gasteiger partial charge is 0.307 e. The molecule has 2 N–H and O–H groups in total. The van der Waals surface area contributed by atoms with E-state index in [0.29, 0.717) is 11.4 Å². The number of sulfonamides is 1. The van der Waals surface area contributed by atoms with E-state index in [0.717, 1.165) is 10.8 Å². The number of carbonyl (C=O) groups excluding carboxylic acids is 3. The van der Waals surface area contributed by atoms with Crippen molar-refractivity contribution in [2.24, 2.45) is 0 Å². The molecule has 1 aliphatic heterocycles. The van der Waals surface area contributed by atoms with E-state index >= 15 is 0 Å². The normalized spacial score (nSPS) is 15.7. The molecule has 9 nitrogen and oxygen atoms in total. The fraction of sp³-hybridized carbons (Fsp3) is 0.240. The van der Waals surface area contributed by atoms with Gasteiger partial charge in [0.05, 0.1) is 22.7 Å². The Kier molecular flexibility index (Phi) is 7.13. The molecule has 0 aromatic heterocycles. The summed E-state index contributed by atoms with van der Waals surface area (Å²) in [6.07, 6.45) is -0.142. The maximum Gasteiger partial charge on any atom is 0.307 e. The lowest BCUT2D eigenvalue weighted by atomic mass is 10.1. The summed E-state index contributed by atoms with van der Waals surface area (Å²) in [5.74, 6) is -1.41. The van der Waals surface area contributed by atoms with E-state index in [9.17, 15) is 22.8 Å². The number of nitrogens with zero attached hydrogens (tertiary/aromatic N) is 1. The second-order valence-electron chi connectivity index (χ2n) is 8.20. The lowest BCUT2D eigenvalue weighted by Gasteiger charge is -2.27. The van der Waals surface area contributed by atoms with Crippen LogP contribution in [0.5, 0.6) is 0 Å². The number of nitrogens with one attached hydrogen (secondary N) is 2. The monoisotopic (exact) mass is 495 g/mol. The fourth-order valence-electron chi connectivity index (χ4n) is 3.96. The fourth-order valence-corrected chi connectivity index (χ4v) is 5.02. The first-order valence-electron chi connectivity index (χ1n) is 11.1. The summed E-state index contributed by atoms with van der Waals surface area (Å²) in [4.78, 5) is 38.6. The molecule has 1 heterocycles. The van der Waals surface area contributed by atoms with Gasteiger partial charge < -0.3 is 15.0 Å². The number of benzene rings is 3. The number of hydrogen-bond donors (Lipinski definition) is 2. The third-order valence-corrected chi connectivity index (χ3v) is 7.10. The van der Waals surface area contributed by atoms with Gasteiger partial charge in [-0.1, -0.05) is 42.5 Å². The first-order chi connectivity index (χ1) is 16.7. The summed E-state index contributed by atoms with van der Waals surface area (Å²) in [6.45, 7) is 1.04. The molecule has 0 unspecified atom stereocenters. The second kappa shape index (κ2) is 10.2. The summed E-state index contributed by atoms with van der Waals surface area (Å²) in [5, 5.41) is 4.47. The molecule has 182 valence electrons. The highest BCUT2D eigenvalue weighted by molar-refractivity contribution is 7.89. The Bertz CT molecular complexity index is 1390. The molecule has 0 fully saturated rings. The molecule has 0 bridgehead atoms. The van der Waals surface area contributed by atoms with Crippen molar-refractivity contribution in [1.82, 2.24) is 4.72 Å². The van der Waals surface area contributed by atoms with Crippen molar-refractivity contribution >= 4 is 50.0 Å². The number of amides is 2. The number of fused-ring (bicyclic) bond motifs is 2. The van der Waals surface area contributed by atoms with E-state index in [2.05, 4.69) is 10.0 Å². The lowest BCUT2D eigenvalue weighted by molar-refractivity contribution is -0.147. The summed E-state index contributed by atoms with van der Waals surface area (Å²) in [7, 11) is -3.82. The van der Waals surface area contributed by atoms with Crippen LogP contribution in [0, 0.1) is 0 Å². The molecule has 0 aliphatic carbocycles. The van der Waals surface area contributed by atoms with E-state index in [1.54, 1.807) is 43.3 Å². The Hall–Kier alpha value is -3.76. The number of ether oxygens (including phenoxy) is 1. The van der Waals surface area contributed by atoms with Crippen molar-refractivity contribution < 1.29 is 27.5 Å². The van der Waals surface area contributed by atoms with Crippen LogP contribution in [0.15, 0.2) is 71.6 Å². The summed E-state index contributed by atoms with van der Waals surface area (Å²) in [6, 6.07) is 18.6. The van der Waals surface area contributed by atoms with Crippen LogP contribution in [-0.4, -0.2) is 45.4 Å². The van der Waals surface area contributed by atoms with Gasteiger partial charge in [-0.2, -0.15) is 0 Å². The molecule has 4 rings (SSSR count). The van der Waals surface area contributed by atoms with E-state index in [-0.39, 0.29) is 30.2 Å². The van der Waals surface area contributed by atoms with Gasteiger partial charge in [-0.25, -0.2) is 13.1 Å². The van der Waals surface area contributed by atoms with Crippen LogP contribution < -0.4 is 14.9 Å². The van der Waals surface area contributed by atoms with Crippen LogP contribution in [0.3, 0.4) is 0 Å². The predicted molar refractivity (Wildman–Crippen MR) is 131 cm³/mol. The predicted octanol–water partition coefficient (Wildman–Crippen LogP) is 2.82. The SMILES string of the molecule is C[C@@H]1CC(=O)Nc2ccccc2N1C(=O)COC(=O)CCNS(=O)(=O)c1ccc2ccccc2c1. The van der Waals surface area contributed by atoms with Gasteiger partial charge in [0.15, 0.2) is 6.61 Å². The highest BCUT2D eigenvalue weighted by Crippen LogP contribution is 2.31. The highest BCUT2D eigenvalue weighted by atomic mass is 32.2. The van der Waals surface area contributed by atoms with Gasteiger partial charge in [0, 0.05) is 19.0 Å². The Morgan fingerprint density at radius 2 is 1.77 bits per heavy atom. The molecule has 1 atom stereocenters. The largest absolute Gasteiger partial charge is 0.456 e. The van der Waals surface area contributed by atoms with Crippen LogP contribution in [0.25, 0.3) is 10.8 Å². The number of rotatable bonds is 7. The molecule has 1 aliphatic rings. The number of para-hydroxylation sites is 2. The average Bonchev–Trinajstić information content (AvgIpc) is 2.96. The van der Waals surface area contributed by atoms with Crippen LogP contribution in [0.4, 0.5) is 11.4 Å². The standard InChI is InChI=1S/C25H25N3O6S/c1-17-14-23(29)27-21-8-4-5-9-22(21)28(17)24(30)16-34-25(31)12-13-26-35(32,33)20-11-10-18-6-2-3-7-19(18)15-20/h2-11,15,17,26H,12-14,16H2,1H3,(H,27,29)/t17-/m1/s1. The molecule has 3 aromatic carbocycles. The minimum absolute atomic E-state index is 0.0942. The average molecular weight is 496 g/mol. The molecule has 10 heteroatoms. The maximum atomic E-state index is 12.9. The van der Waals surface area contributed by atoms with Gasteiger partial charge in [0.1, 0.15) is 0 Å². The Balaban J connectivity index is 1.32. The Labute approximate surface area is 203 Å². The summed E-state index contributed by atoms with van der Waals surface area (Å²) >= 11 is 0. The first kappa shape index (κ1) is 24.4. The van der Waals surface area contributed by atoms with Crippen molar-refractivity contribution in [3.8, 4) is 0 Å². The van der Waals surface area contributed by atoms with Gasteiger partial charge in [-0.05, 0) is 42.0 Å². The molecule has 0 saturated carbocycles. The number of anilines is 2.